The monoisotopic (exact) mass is 523 g/mol. The molecule has 0 aliphatic rings. The zero-order chi connectivity index (χ0) is 26.6. The van der Waals surface area contributed by atoms with E-state index < -0.39 is 16.1 Å². The molecular weight excluding hydrogens is 494 g/mol. The molecule has 0 atom stereocenters. The van der Waals surface area contributed by atoms with Crippen LogP contribution in [0.15, 0.2) is 71.8 Å². The van der Waals surface area contributed by atoms with Gasteiger partial charge in [0.15, 0.2) is 11.5 Å². The van der Waals surface area contributed by atoms with E-state index in [1.165, 1.54) is 25.3 Å². The third-order valence-corrected chi connectivity index (χ3v) is 7.63. The molecule has 2 amide bonds. The molecule has 1 heterocycles. The Hall–Kier alpha value is -4.18. The number of nitrogens with zero attached hydrogens (tertiary/aromatic N) is 1. The van der Waals surface area contributed by atoms with Gasteiger partial charge in [0, 0.05) is 30.3 Å². The maximum atomic E-state index is 13.2. The van der Waals surface area contributed by atoms with E-state index in [0.717, 1.165) is 16.5 Å². The summed E-state index contributed by atoms with van der Waals surface area (Å²) in [5.74, 6) is 1.28. The number of aromatic nitrogens is 1. The topological polar surface area (TPSA) is 108 Å². The van der Waals surface area contributed by atoms with Crippen molar-refractivity contribution in [3.8, 4) is 17.2 Å². The number of amides is 2. The van der Waals surface area contributed by atoms with Gasteiger partial charge in [0.05, 0.1) is 37.4 Å². The Morgan fingerprint density at radius 2 is 1.57 bits per heavy atom. The minimum absolute atomic E-state index is 0.228. The van der Waals surface area contributed by atoms with Crippen molar-refractivity contribution in [1.29, 1.82) is 0 Å². The van der Waals surface area contributed by atoms with Gasteiger partial charge in [0.1, 0.15) is 0 Å². The third-order valence-electron chi connectivity index (χ3n) is 5.92. The van der Waals surface area contributed by atoms with Gasteiger partial charge in [-0.05, 0) is 43.2 Å². The molecule has 0 radical (unpaired) electrons. The molecule has 9 nitrogen and oxygen atoms in total. The van der Waals surface area contributed by atoms with Crippen LogP contribution in [0, 0.1) is 6.92 Å². The number of urea groups is 1. The van der Waals surface area contributed by atoms with Crippen molar-refractivity contribution >= 4 is 32.6 Å². The maximum Gasteiger partial charge on any atom is 0.319 e. The van der Waals surface area contributed by atoms with E-state index in [4.69, 9.17) is 14.2 Å². The molecule has 4 aromatic rings. The van der Waals surface area contributed by atoms with E-state index in [1.54, 1.807) is 48.7 Å². The molecule has 0 aliphatic carbocycles. The summed E-state index contributed by atoms with van der Waals surface area (Å²) in [5.41, 5.74) is 2.94. The van der Waals surface area contributed by atoms with Crippen molar-refractivity contribution in [2.45, 2.75) is 18.2 Å². The Balaban J connectivity index is 1.44. The molecule has 0 unspecified atom stereocenters. The quantitative estimate of drug-likeness (QED) is 0.333. The molecule has 4 rings (SSSR count). The van der Waals surface area contributed by atoms with E-state index in [2.05, 4.69) is 10.6 Å². The van der Waals surface area contributed by atoms with E-state index in [0.29, 0.717) is 41.4 Å². The predicted octanol–water partition coefficient (Wildman–Crippen LogP) is 4.58. The number of ether oxygens (including phenoxy) is 3. The average Bonchev–Trinajstić information content (AvgIpc) is 3.32. The lowest BCUT2D eigenvalue weighted by atomic mass is 10.1. The van der Waals surface area contributed by atoms with E-state index in [1.807, 2.05) is 25.1 Å². The summed E-state index contributed by atoms with van der Waals surface area (Å²) >= 11 is 0. The number of carbonyl (C=O) groups excluding carboxylic acids is 1. The highest BCUT2D eigenvalue weighted by atomic mass is 32.2. The standard InChI is InChI=1S/C27H29N3O6S/c1-18-5-9-22(10-6-18)37(32,33)30-14-12-20-8-7-19(15-23(20)30)11-13-28-27(31)29-21-16-24(34-2)26(36-4)25(17-21)35-3/h5-10,12,14-17H,11,13H2,1-4H3,(H2,28,29,31). The molecule has 0 fully saturated rings. The summed E-state index contributed by atoms with van der Waals surface area (Å²) in [7, 11) is 0.774. The number of rotatable bonds is 9. The van der Waals surface area contributed by atoms with Crippen LogP contribution in [-0.4, -0.2) is 46.3 Å². The number of fused-ring (bicyclic) bond motifs is 1. The van der Waals surface area contributed by atoms with Gasteiger partial charge < -0.3 is 24.8 Å². The van der Waals surface area contributed by atoms with Crippen LogP contribution in [0.3, 0.4) is 0 Å². The fourth-order valence-electron chi connectivity index (χ4n) is 3.99. The first-order valence-corrected chi connectivity index (χ1v) is 13.0. The molecule has 0 aliphatic heterocycles. The minimum atomic E-state index is -3.73. The SMILES string of the molecule is COc1cc(NC(=O)NCCc2ccc3ccn(S(=O)(=O)c4ccc(C)cc4)c3c2)cc(OC)c1OC. The second kappa shape index (κ2) is 10.8. The Kier molecular flexibility index (Phi) is 7.58. The molecule has 194 valence electrons. The van der Waals surface area contributed by atoms with Crippen LogP contribution in [0.4, 0.5) is 10.5 Å². The molecule has 0 bridgehead atoms. The van der Waals surface area contributed by atoms with E-state index in [9.17, 15) is 13.2 Å². The van der Waals surface area contributed by atoms with Gasteiger partial charge in [-0.3, -0.25) is 0 Å². The number of nitrogens with one attached hydrogen (secondary N) is 2. The summed E-state index contributed by atoms with van der Waals surface area (Å²) in [5, 5.41) is 6.38. The van der Waals surface area contributed by atoms with Crippen molar-refractivity contribution in [1.82, 2.24) is 9.29 Å². The molecule has 2 N–H and O–H groups in total. The van der Waals surface area contributed by atoms with Crippen LogP contribution in [-0.2, 0) is 16.4 Å². The van der Waals surface area contributed by atoms with Crippen LogP contribution < -0.4 is 24.8 Å². The molecule has 0 saturated heterocycles. The number of aryl methyl sites for hydroxylation is 1. The number of anilines is 1. The van der Waals surface area contributed by atoms with Crippen molar-refractivity contribution in [3.05, 3.63) is 78.0 Å². The van der Waals surface area contributed by atoms with Gasteiger partial charge in [0.25, 0.3) is 10.0 Å². The molecule has 37 heavy (non-hydrogen) atoms. The smallest absolute Gasteiger partial charge is 0.319 e. The lowest BCUT2D eigenvalue weighted by Gasteiger charge is -2.15. The lowest BCUT2D eigenvalue weighted by molar-refractivity contribution is 0.252. The van der Waals surface area contributed by atoms with Crippen LogP contribution in [0.25, 0.3) is 10.9 Å². The zero-order valence-electron chi connectivity index (χ0n) is 21.1. The van der Waals surface area contributed by atoms with E-state index >= 15 is 0 Å². The predicted molar refractivity (Wildman–Crippen MR) is 143 cm³/mol. The number of benzene rings is 3. The second-order valence-corrected chi connectivity index (χ2v) is 10.2. The maximum absolute atomic E-state index is 13.2. The van der Waals surface area contributed by atoms with Gasteiger partial charge in [-0.2, -0.15) is 0 Å². The van der Waals surface area contributed by atoms with Crippen LogP contribution in [0.5, 0.6) is 17.2 Å². The Morgan fingerprint density at radius 1 is 0.892 bits per heavy atom. The summed E-state index contributed by atoms with van der Waals surface area (Å²) in [4.78, 5) is 12.7. The van der Waals surface area contributed by atoms with Gasteiger partial charge >= 0.3 is 6.03 Å². The first kappa shape index (κ1) is 25.9. The van der Waals surface area contributed by atoms with Gasteiger partial charge in [-0.25, -0.2) is 17.2 Å². The van der Waals surface area contributed by atoms with Crippen LogP contribution in [0.2, 0.25) is 0 Å². The first-order valence-electron chi connectivity index (χ1n) is 11.5. The lowest BCUT2D eigenvalue weighted by Crippen LogP contribution is -2.30. The van der Waals surface area contributed by atoms with Gasteiger partial charge in [-0.1, -0.05) is 29.8 Å². The highest BCUT2D eigenvalue weighted by Gasteiger charge is 2.19. The summed E-state index contributed by atoms with van der Waals surface area (Å²) in [6.07, 6.45) is 2.07. The molecule has 3 aromatic carbocycles. The molecule has 0 saturated carbocycles. The minimum Gasteiger partial charge on any atom is -0.493 e. The molecule has 0 spiro atoms. The summed E-state index contributed by atoms with van der Waals surface area (Å²) in [6, 6.07) is 17.0. The normalized spacial score (nSPS) is 11.2. The molecular formula is C27H29N3O6S. The molecule has 10 heteroatoms. The Morgan fingerprint density at radius 3 is 2.19 bits per heavy atom. The van der Waals surface area contributed by atoms with Gasteiger partial charge in [-0.15, -0.1) is 0 Å². The first-order chi connectivity index (χ1) is 17.8. The van der Waals surface area contributed by atoms with Crippen molar-refractivity contribution in [2.75, 3.05) is 33.2 Å². The van der Waals surface area contributed by atoms with Crippen LogP contribution in [0.1, 0.15) is 11.1 Å². The van der Waals surface area contributed by atoms with Crippen molar-refractivity contribution in [3.63, 3.8) is 0 Å². The van der Waals surface area contributed by atoms with Crippen molar-refractivity contribution < 1.29 is 27.4 Å². The second-order valence-electron chi connectivity index (χ2n) is 8.37. The fraction of sp³-hybridized carbons (Fsp3) is 0.222. The number of methoxy groups -OCH3 is 3. The van der Waals surface area contributed by atoms with Crippen molar-refractivity contribution in [2.24, 2.45) is 0 Å². The summed E-state index contributed by atoms with van der Waals surface area (Å²) < 4.78 is 43.6. The van der Waals surface area contributed by atoms with Gasteiger partial charge in [0.2, 0.25) is 5.75 Å². The highest BCUT2D eigenvalue weighted by molar-refractivity contribution is 7.90. The summed E-state index contributed by atoms with van der Waals surface area (Å²) in [6.45, 7) is 2.25. The highest BCUT2D eigenvalue weighted by Crippen LogP contribution is 2.39. The largest absolute Gasteiger partial charge is 0.493 e. The van der Waals surface area contributed by atoms with Crippen LogP contribution >= 0.6 is 0 Å². The Labute approximate surface area is 216 Å². The molecule has 1 aromatic heterocycles. The number of hydrogen-bond donors (Lipinski definition) is 2. The number of carbonyl (C=O) groups is 1. The number of hydrogen-bond acceptors (Lipinski definition) is 6. The Bertz CT molecular complexity index is 1500. The average molecular weight is 524 g/mol. The third kappa shape index (κ3) is 5.49. The van der Waals surface area contributed by atoms with E-state index in [-0.39, 0.29) is 4.90 Å². The zero-order valence-corrected chi connectivity index (χ0v) is 21.9. The fourth-order valence-corrected chi connectivity index (χ4v) is 5.33.